The van der Waals surface area contributed by atoms with Crippen LogP contribution in [0, 0.1) is 17.8 Å². The number of hydrogen-bond acceptors (Lipinski definition) is 6. The maximum absolute atomic E-state index is 13.3. The number of hydrogen-bond donors (Lipinski definition) is 1. The molecule has 4 aliphatic rings. The summed E-state index contributed by atoms with van der Waals surface area (Å²) >= 11 is 0. The molecule has 7 heteroatoms. The summed E-state index contributed by atoms with van der Waals surface area (Å²) in [6.07, 6.45) is 4.00. The Bertz CT molecular complexity index is 1200. The number of benzene rings is 1. The van der Waals surface area contributed by atoms with Gasteiger partial charge in [-0.25, -0.2) is 0 Å². The highest BCUT2D eigenvalue weighted by Crippen LogP contribution is 2.55. The third-order valence-corrected chi connectivity index (χ3v) is 7.32. The molecule has 32 heavy (non-hydrogen) atoms. The number of rotatable bonds is 2. The number of allylic oxidation sites excluding steroid dienone is 6. The Kier molecular flexibility index (Phi) is 4.48. The van der Waals surface area contributed by atoms with Gasteiger partial charge in [0.2, 0.25) is 11.8 Å². The van der Waals surface area contributed by atoms with Crippen LogP contribution in [-0.4, -0.2) is 47.5 Å². The fourth-order valence-electron chi connectivity index (χ4n) is 5.77. The Morgan fingerprint density at radius 2 is 1.84 bits per heavy atom. The number of fused-ring (bicyclic) bond motifs is 3. The monoisotopic (exact) mass is 433 g/mol. The summed E-state index contributed by atoms with van der Waals surface area (Å²) in [7, 11) is 2.94. The fourth-order valence-corrected chi connectivity index (χ4v) is 5.77. The summed E-state index contributed by atoms with van der Waals surface area (Å²) in [5.41, 5.74) is 2.79. The second kappa shape index (κ2) is 7.02. The van der Waals surface area contributed by atoms with Gasteiger partial charge in [0.15, 0.2) is 23.1 Å². The van der Waals surface area contributed by atoms with Crippen molar-refractivity contribution in [1.29, 1.82) is 0 Å². The molecule has 5 rings (SSSR count). The molecule has 0 spiro atoms. The molecule has 4 unspecified atom stereocenters. The summed E-state index contributed by atoms with van der Waals surface area (Å²) in [4.78, 5) is 53.1. The van der Waals surface area contributed by atoms with Gasteiger partial charge in [-0.3, -0.25) is 24.1 Å². The molecule has 1 fully saturated rings. The number of carbonyl (C=O) groups excluding carboxylic acids is 4. The average molecular weight is 433 g/mol. The van der Waals surface area contributed by atoms with Crippen molar-refractivity contribution in [2.24, 2.45) is 17.8 Å². The van der Waals surface area contributed by atoms with Crippen LogP contribution in [0.2, 0.25) is 0 Å². The van der Waals surface area contributed by atoms with E-state index >= 15 is 0 Å². The number of aromatic hydroxyl groups is 1. The van der Waals surface area contributed by atoms with E-state index < -0.39 is 17.8 Å². The van der Waals surface area contributed by atoms with Crippen LogP contribution < -0.4 is 4.74 Å². The van der Waals surface area contributed by atoms with Crippen molar-refractivity contribution in [1.82, 2.24) is 4.90 Å². The molecule has 0 bridgehead atoms. The van der Waals surface area contributed by atoms with Crippen molar-refractivity contribution in [2.75, 3.05) is 14.2 Å². The van der Waals surface area contributed by atoms with Gasteiger partial charge in [-0.2, -0.15) is 0 Å². The molecule has 3 aliphatic carbocycles. The quantitative estimate of drug-likeness (QED) is 0.437. The summed E-state index contributed by atoms with van der Waals surface area (Å²) in [6, 6.07) is 4.88. The highest BCUT2D eigenvalue weighted by atomic mass is 16.5. The Balaban J connectivity index is 1.72. The Morgan fingerprint density at radius 3 is 2.56 bits per heavy atom. The van der Waals surface area contributed by atoms with Crippen LogP contribution in [0.15, 0.2) is 52.6 Å². The van der Waals surface area contributed by atoms with Gasteiger partial charge in [0, 0.05) is 29.7 Å². The second-order valence-corrected chi connectivity index (χ2v) is 8.90. The number of carbonyl (C=O) groups is 4. The minimum Gasteiger partial charge on any atom is -0.504 e. The van der Waals surface area contributed by atoms with Gasteiger partial charge >= 0.3 is 0 Å². The lowest BCUT2D eigenvalue weighted by atomic mass is 9.59. The van der Waals surface area contributed by atoms with E-state index in [1.165, 1.54) is 31.2 Å². The van der Waals surface area contributed by atoms with Crippen molar-refractivity contribution in [3.63, 3.8) is 0 Å². The van der Waals surface area contributed by atoms with E-state index in [0.29, 0.717) is 28.7 Å². The first-order valence-corrected chi connectivity index (χ1v) is 10.6. The molecule has 4 atom stereocenters. The lowest BCUT2D eigenvalue weighted by molar-refractivity contribution is -0.138. The lowest BCUT2D eigenvalue weighted by Gasteiger charge is -2.42. The largest absolute Gasteiger partial charge is 0.504 e. The average Bonchev–Trinajstić information content (AvgIpc) is 3.00. The molecule has 1 heterocycles. The maximum Gasteiger partial charge on any atom is 0.233 e. The van der Waals surface area contributed by atoms with Crippen molar-refractivity contribution >= 4 is 23.4 Å². The summed E-state index contributed by atoms with van der Waals surface area (Å²) in [5.74, 6) is -2.49. The highest BCUT2D eigenvalue weighted by molar-refractivity contribution is 6.23. The zero-order chi connectivity index (χ0) is 22.9. The first kappa shape index (κ1) is 20.4. The summed E-state index contributed by atoms with van der Waals surface area (Å²) in [5, 5.41) is 10.1. The van der Waals surface area contributed by atoms with Crippen LogP contribution >= 0.6 is 0 Å². The zero-order valence-corrected chi connectivity index (χ0v) is 18.0. The van der Waals surface area contributed by atoms with Crippen molar-refractivity contribution in [2.45, 2.75) is 25.7 Å². The molecule has 1 N–H and O–H groups in total. The van der Waals surface area contributed by atoms with Gasteiger partial charge in [0.1, 0.15) is 0 Å². The van der Waals surface area contributed by atoms with Gasteiger partial charge in [0.25, 0.3) is 0 Å². The summed E-state index contributed by atoms with van der Waals surface area (Å²) in [6.45, 7) is 1.63. The Morgan fingerprint density at radius 1 is 1.09 bits per heavy atom. The van der Waals surface area contributed by atoms with E-state index in [0.717, 1.165) is 5.57 Å². The van der Waals surface area contributed by atoms with Crippen molar-refractivity contribution in [3.8, 4) is 11.5 Å². The molecule has 7 nitrogen and oxygen atoms in total. The lowest BCUT2D eigenvalue weighted by Crippen LogP contribution is -2.39. The molecule has 1 aliphatic heterocycles. The third-order valence-electron chi connectivity index (χ3n) is 7.32. The van der Waals surface area contributed by atoms with E-state index in [1.807, 2.05) is 6.08 Å². The predicted octanol–water partition coefficient (Wildman–Crippen LogP) is 2.46. The molecule has 2 amide bonds. The molecule has 1 aromatic carbocycles. The van der Waals surface area contributed by atoms with Crippen LogP contribution in [0.5, 0.6) is 11.5 Å². The third kappa shape index (κ3) is 2.66. The molecular formula is C25H23NO6. The first-order valence-electron chi connectivity index (χ1n) is 10.6. The normalized spacial score (nSPS) is 29.4. The number of likely N-dealkylation sites (tertiary alicyclic amines) is 1. The number of Topliss-reactive ketones (excluding diaryl/α,β-unsaturated/α-hetero) is 1. The van der Waals surface area contributed by atoms with Crippen molar-refractivity contribution in [3.05, 3.63) is 58.2 Å². The van der Waals surface area contributed by atoms with E-state index in [9.17, 15) is 24.3 Å². The number of imide groups is 1. The van der Waals surface area contributed by atoms with Crippen molar-refractivity contribution < 1.29 is 29.0 Å². The number of ketones is 2. The Labute approximate surface area is 185 Å². The van der Waals surface area contributed by atoms with Crippen LogP contribution in [-0.2, 0) is 19.2 Å². The SMILES string of the molecule is COc1cc(C2C3=CCC4C(=O)N(C)C(=O)C4C3CC3=C2C(=O)C(C)=CC3=O)ccc1O. The predicted molar refractivity (Wildman–Crippen MR) is 114 cm³/mol. The molecule has 0 saturated carbocycles. The smallest absolute Gasteiger partial charge is 0.233 e. The molecule has 164 valence electrons. The van der Waals surface area contributed by atoms with Gasteiger partial charge in [-0.15, -0.1) is 0 Å². The number of nitrogens with zero attached hydrogens (tertiary/aromatic N) is 1. The van der Waals surface area contributed by atoms with Crippen LogP contribution in [0.1, 0.15) is 31.2 Å². The molecule has 1 saturated heterocycles. The number of amides is 2. The first-order chi connectivity index (χ1) is 15.2. The van der Waals surface area contributed by atoms with Gasteiger partial charge in [-0.1, -0.05) is 17.7 Å². The van der Waals surface area contributed by atoms with E-state index in [-0.39, 0.29) is 47.2 Å². The molecule has 0 radical (unpaired) electrons. The Hall–Kier alpha value is -3.48. The minimum absolute atomic E-state index is 0.0317. The molecular weight excluding hydrogens is 410 g/mol. The molecule has 0 aromatic heterocycles. The minimum atomic E-state index is -0.548. The van der Waals surface area contributed by atoms with Gasteiger partial charge < -0.3 is 9.84 Å². The number of methoxy groups -OCH3 is 1. The zero-order valence-electron chi connectivity index (χ0n) is 18.0. The van der Waals surface area contributed by atoms with E-state index in [1.54, 1.807) is 19.1 Å². The number of phenols is 1. The van der Waals surface area contributed by atoms with E-state index in [4.69, 9.17) is 4.74 Å². The fraction of sp³-hybridized carbons (Fsp3) is 0.360. The second-order valence-electron chi connectivity index (χ2n) is 8.90. The standard InChI is InChI=1S/C25H23NO6/c1-11-8-18(28)16-10-15-13(5-6-14-21(15)25(31)26(2)24(14)30)20(22(16)23(11)29)12-4-7-17(27)19(9-12)32-3/h4-5,7-9,14-15,20-21,27H,6,10H2,1-3H3. The highest BCUT2D eigenvalue weighted by Gasteiger charge is 2.55. The van der Waals surface area contributed by atoms with Crippen LogP contribution in [0.4, 0.5) is 0 Å². The molecule has 1 aromatic rings. The van der Waals surface area contributed by atoms with Gasteiger partial charge in [0.05, 0.1) is 18.9 Å². The number of ether oxygens (including phenoxy) is 1. The maximum atomic E-state index is 13.3. The summed E-state index contributed by atoms with van der Waals surface area (Å²) < 4.78 is 5.28. The van der Waals surface area contributed by atoms with Crippen LogP contribution in [0.3, 0.4) is 0 Å². The van der Waals surface area contributed by atoms with Gasteiger partial charge in [-0.05, 0) is 49.5 Å². The number of phenolic OH excluding ortho intramolecular Hbond substituents is 1. The van der Waals surface area contributed by atoms with Crippen LogP contribution in [0.25, 0.3) is 0 Å². The van der Waals surface area contributed by atoms with E-state index in [2.05, 4.69) is 0 Å². The topological polar surface area (TPSA) is 101 Å².